The van der Waals surface area contributed by atoms with Gasteiger partial charge < -0.3 is 10.2 Å². The number of benzene rings is 3. The number of hydrogen-bond acceptors (Lipinski definition) is 2. The monoisotopic (exact) mass is 475 g/mol. The van der Waals surface area contributed by atoms with Crippen LogP contribution >= 0.6 is 11.6 Å². The maximum Gasteiger partial charge on any atom is 0.324 e. The van der Waals surface area contributed by atoms with Gasteiger partial charge in [-0.15, -0.1) is 0 Å². The van der Waals surface area contributed by atoms with Gasteiger partial charge in [0.2, 0.25) is 5.91 Å². The van der Waals surface area contributed by atoms with Gasteiger partial charge in [-0.3, -0.25) is 9.69 Å². The van der Waals surface area contributed by atoms with Crippen LogP contribution < -0.4 is 10.2 Å². The number of aryl methyl sites for hydroxylation is 1. The molecule has 5 nitrogen and oxygen atoms in total. The second-order valence-corrected chi connectivity index (χ2v) is 9.15. The molecular formula is C28H30ClN3O2. The molecule has 1 saturated heterocycles. The molecule has 1 aliphatic rings. The molecule has 0 radical (unpaired) electrons. The third-order valence-electron chi connectivity index (χ3n) is 6.23. The van der Waals surface area contributed by atoms with E-state index in [1.807, 2.05) is 91.5 Å². The fraction of sp³-hybridized carbons (Fsp3) is 0.286. The first kappa shape index (κ1) is 23.8. The smallest absolute Gasteiger partial charge is 0.324 e. The third-order valence-corrected chi connectivity index (χ3v) is 6.48. The first-order valence-electron chi connectivity index (χ1n) is 11.7. The lowest BCUT2D eigenvalue weighted by molar-refractivity contribution is -0.117. The van der Waals surface area contributed by atoms with E-state index in [2.05, 4.69) is 5.32 Å². The van der Waals surface area contributed by atoms with Crippen LogP contribution in [0.4, 0.5) is 16.2 Å². The number of carbonyl (C=O) groups excluding carboxylic acids is 2. The molecule has 1 aliphatic heterocycles. The molecule has 34 heavy (non-hydrogen) atoms. The molecule has 3 aromatic rings. The first-order valence-corrected chi connectivity index (χ1v) is 12.1. The summed E-state index contributed by atoms with van der Waals surface area (Å²) in [6, 6.07) is 23.2. The zero-order valence-corrected chi connectivity index (χ0v) is 20.4. The Hall–Kier alpha value is -3.31. The summed E-state index contributed by atoms with van der Waals surface area (Å²) < 4.78 is 0. The Balaban J connectivity index is 1.56. The molecule has 1 fully saturated rings. The summed E-state index contributed by atoms with van der Waals surface area (Å²) in [7, 11) is 0. The number of anilines is 2. The van der Waals surface area contributed by atoms with Gasteiger partial charge >= 0.3 is 6.03 Å². The summed E-state index contributed by atoms with van der Waals surface area (Å²) in [5, 5.41) is 3.80. The van der Waals surface area contributed by atoms with Gasteiger partial charge in [0.1, 0.15) is 0 Å². The van der Waals surface area contributed by atoms with Crippen molar-refractivity contribution in [2.75, 3.05) is 23.3 Å². The van der Waals surface area contributed by atoms with Crippen LogP contribution in [0.3, 0.4) is 0 Å². The second kappa shape index (κ2) is 10.7. The van der Waals surface area contributed by atoms with Crippen molar-refractivity contribution >= 4 is 34.9 Å². The Bertz CT molecular complexity index is 1150. The van der Waals surface area contributed by atoms with Crippen LogP contribution in [-0.2, 0) is 11.3 Å². The van der Waals surface area contributed by atoms with Crippen molar-refractivity contribution in [1.29, 1.82) is 0 Å². The van der Waals surface area contributed by atoms with Gasteiger partial charge in [0.05, 0.1) is 17.3 Å². The number of hydrogen-bond donors (Lipinski definition) is 1. The van der Waals surface area contributed by atoms with Crippen LogP contribution in [0.2, 0.25) is 5.02 Å². The van der Waals surface area contributed by atoms with E-state index in [4.69, 9.17) is 11.6 Å². The van der Waals surface area contributed by atoms with Crippen molar-refractivity contribution in [3.05, 3.63) is 94.5 Å². The fourth-order valence-electron chi connectivity index (χ4n) is 4.43. The average molecular weight is 476 g/mol. The van der Waals surface area contributed by atoms with E-state index < -0.39 is 0 Å². The minimum atomic E-state index is -0.256. The van der Waals surface area contributed by atoms with Gasteiger partial charge in [-0.1, -0.05) is 67.1 Å². The van der Waals surface area contributed by atoms with Crippen molar-refractivity contribution in [2.45, 2.75) is 39.2 Å². The highest BCUT2D eigenvalue weighted by Gasteiger charge is 2.29. The van der Waals surface area contributed by atoms with Crippen molar-refractivity contribution in [1.82, 2.24) is 4.90 Å². The Labute approximate surface area is 206 Å². The lowest BCUT2D eigenvalue weighted by atomic mass is 9.95. The normalized spacial score (nSPS) is 14.7. The van der Waals surface area contributed by atoms with Gasteiger partial charge in [0.15, 0.2) is 0 Å². The quantitative estimate of drug-likeness (QED) is 0.417. The summed E-state index contributed by atoms with van der Waals surface area (Å²) in [4.78, 5) is 30.3. The minimum absolute atomic E-state index is 0.0596. The predicted molar refractivity (Wildman–Crippen MR) is 139 cm³/mol. The maximum atomic E-state index is 13.4. The fourth-order valence-corrected chi connectivity index (χ4v) is 4.55. The standard InChI is InChI=1S/C28H30ClN3O2/c1-3-24(22-8-5-4-6-9-22)27(33)30-25-18-20(2)10-15-26(25)32-17-7-16-31(28(32)34)19-21-11-13-23(29)14-12-21/h4-6,8-15,18,24H,3,7,16-17,19H2,1-2H3,(H,30,33). The Morgan fingerprint density at radius 2 is 1.76 bits per heavy atom. The van der Waals surface area contributed by atoms with Gasteiger partial charge in [-0.25, -0.2) is 4.79 Å². The number of nitrogens with one attached hydrogen (secondary N) is 1. The average Bonchev–Trinajstić information content (AvgIpc) is 2.83. The molecule has 3 amide bonds. The number of halogens is 1. The van der Waals surface area contributed by atoms with Gasteiger partial charge in [-0.05, 0) is 60.7 Å². The molecule has 0 spiro atoms. The van der Waals surface area contributed by atoms with E-state index in [1.165, 1.54) is 0 Å². The predicted octanol–water partition coefficient (Wildman–Crippen LogP) is 6.61. The van der Waals surface area contributed by atoms with Crippen LogP contribution in [0.25, 0.3) is 0 Å². The highest BCUT2D eigenvalue weighted by atomic mass is 35.5. The van der Waals surface area contributed by atoms with Crippen LogP contribution in [0.15, 0.2) is 72.8 Å². The Morgan fingerprint density at radius 3 is 2.47 bits per heavy atom. The van der Waals surface area contributed by atoms with E-state index in [1.54, 1.807) is 4.90 Å². The number of rotatable bonds is 7. The van der Waals surface area contributed by atoms with Crippen LogP contribution in [0, 0.1) is 6.92 Å². The molecule has 0 bridgehead atoms. The summed E-state index contributed by atoms with van der Waals surface area (Å²) in [6.45, 7) is 5.82. The highest BCUT2D eigenvalue weighted by molar-refractivity contribution is 6.30. The molecule has 6 heteroatoms. The lowest BCUT2D eigenvalue weighted by Gasteiger charge is -2.36. The van der Waals surface area contributed by atoms with Crippen LogP contribution in [0.5, 0.6) is 0 Å². The van der Waals surface area contributed by atoms with Crippen molar-refractivity contribution in [3.8, 4) is 0 Å². The van der Waals surface area contributed by atoms with Gasteiger partial charge in [0, 0.05) is 24.7 Å². The van der Waals surface area contributed by atoms with Crippen LogP contribution in [0.1, 0.15) is 42.4 Å². The Morgan fingerprint density at radius 1 is 1.03 bits per heavy atom. The topological polar surface area (TPSA) is 52.7 Å². The molecule has 176 valence electrons. The molecule has 1 heterocycles. The molecule has 1 atom stereocenters. The SMILES string of the molecule is CCC(C(=O)Nc1cc(C)ccc1N1CCCN(Cc2ccc(Cl)cc2)C1=O)c1ccccc1. The zero-order valence-electron chi connectivity index (χ0n) is 19.6. The maximum absolute atomic E-state index is 13.4. The van der Waals surface area contributed by atoms with Crippen molar-refractivity contribution in [2.24, 2.45) is 0 Å². The molecule has 1 N–H and O–H groups in total. The minimum Gasteiger partial charge on any atom is -0.324 e. The van der Waals surface area contributed by atoms with E-state index in [0.717, 1.165) is 28.8 Å². The van der Waals surface area contributed by atoms with Crippen molar-refractivity contribution in [3.63, 3.8) is 0 Å². The van der Waals surface area contributed by atoms with E-state index >= 15 is 0 Å². The second-order valence-electron chi connectivity index (χ2n) is 8.72. The molecule has 0 aromatic heterocycles. The molecule has 0 aliphatic carbocycles. The molecule has 4 rings (SSSR count). The van der Waals surface area contributed by atoms with Crippen LogP contribution in [-0.4, -0.2) is 29.9 Å². The van der Waals surface area contributed by atoms with E-state index in [9.17, 15) is 9.59 Å². The summed E-state index contributed by atoms with van der Waals surface area (Å²) in [5.74, 6) is -0.323. The lowest BCUT2D eigenvalue weighted by Crippen LogP contribution is -2.49. The summed E-state index contributed by atoms with van der Waals surface area (Å²) in [5.41, 5.74) is 4.44. The number of amides is 3. The summed E-state index contributed by atoms with van der Waals surface area (Å²) >= 11 is 6.01. The van der Waals surface area contributed by atoms with Gasteiger partial charge in [0.25, 0.3) is 0 Å². The summed E-state index contributed by atoms with van der Waals surface area (Å²) in [6.07, 6.45) is 1.54. The molecule has 3 aromatic carbocycles. The molecular weight excluding hydrogens is 446 g/mol. The zero-order chi connectivity index (χ0) is 24.1. The number of nitrogens with zero attached hydrogens (tertiary/aromatic N) is 2. The van der Waals surface area contributed by atoms with E-state index in [0.29, 0.717) is 36.8 Å². The highest BCUT2D eigenvalue weighted by Crippen LogP contribution is 2.32. The Kier molecular flexibility index (Phi) is 7.53. The van der Waals surface area contributed by atoms with Crippen molar-refractivity contribution < 1.29 is 9.59 Å². The van der Waals surface area contributed by atoms with E-state index in [-0.39, 0.29) is 17.9 Å². The number of urea groups is 1. The third kappa shape index (κ3) is 5.42. The molecule has 0 saturated carbocycles. The first-order chi connectivity index (χ1) is 16.5. The number of carbonyl (C=O) groups is 2. The van der Waals surface area contributed by atoms with Gasteiger partial charge in [-0.2, -0.15) is 0 Å². The molecule has 1 unspecified atom stereocenters. The largest absolute Gasteiger partial charge is 0.324 e.